The van der Waals surface area contributed by atoms with E-state index in [2.05, 4.69) is 27.4 Å². The topological polar surface area (TPSA) is 85.8 Å². The first kappa shape index (κ1) is 22.8. The molecule has 7 nitrogen and oxygen atoms in total. The number of carbonyl (C=O) groups is 1. The second-order valence-corrected chi connectivity index (χ2v) is 9.44. The molecule has 3 heterocycles. The Morgan fingerprint density at radius 3 is 2.88 bits per heavy atom. The first-order valence-corrected chi connectivity index (χ1v) is 12.5. The van der Waals surface area contributed by atoms with Gasteiger partial charge in [0.05, 0.1) is 27.7 Å². The molecule has 1 N–H and O–H groups in total. The third-order valence-electron chi connectivity index (χ3n) is 4.46. The van der Waals surface area contributed by atoms with Gasteiger partial charge in [-0.25, -0.2) is 4.98 Å². The van der Waals surface area contributed by atoms with Crippen LogP contribution < -0.4 is 5.32 Å². The summed E-state index contributed by atoms with van der Waals surface area (Å²) in [5, 5.41) is 15.7. The third kappa shape index (κ3) is 5.17. The molecule has 1 aromatic carbocycles. The molecule has 0 radical (unpaired) electrons. The molecule has 1 amide bonds. The van der Waals surface area contributed by atoms with Crippen molar-refractivity contribution in [1.29, 1.82) is 0 Å². The van der Waals surface area contributed by atoms with Crippen LogP contribution in [0.5, 0.6) is 0 Å². The summed E-state index contributed by atoms with van der Waals surface area (Å²) in [7, 11) is 0. The lowest BCUT2D eigenvalue weighted by Crippen LogP contribution is -2.24. The number of hydrogen-bond donors (Lipinski definition) is 1. The summed E-state index contributed by atoms with van der Waals surface area (Å²) in [4.78, 5) is 16.7. The van der Waals surface area contributed by atoms with Crippen molar-refractivity contribution in [1.82, 2.24) is 25.1 Å². The first-order valence-electron chi connectivity index (χ1n) is 9.87. The molecule has 0 spiro atoms. The van der Waals surface area contributed by atoms with E-state index < -0.39 is 0 Å². The van der Waals surface area contributed by atoms with Crippen molar-refractivity contribution in [2.24, 2.45) is 0 Å². The van der Waals surface area contributed by atoms with Crippen LogP contribution in [0.1, 0.15) is 35.3 Å². The number of rotatable bonds is 9. The molecule has 0 aliphatic heterocycles. The standard InChI is InChI=1S/C21H19Cl2N5O2S2/c1-2-3-8-24-20(29)16-11-31-18(25-16)12-32-21-27-26-19(17-5-4-9-30-17)28(21)13-6-7-14(22)15(23)10-13/h4-7,9-11H,2-3,8,12H2,1H3,(H,24,29). The second-order valence-electron chi connectivity index (χ2n) is 6.74. The minimum absolute atomic E-state index is 0.148. The fourth-order valence-corrected chi connectivity index (χ4v) is 4.90. The summed E-state index contributed by atoms with van der Waals surface area (Å²) in [6.07, 6.45) is 3.55. The maximum Gasteiger partial charge on any atom is 0.270 e. The maximum absolute atomic E-state index is 12.2. The van der Waals surface area contributed by atoms with E-state index in [-0.39, 0.29) is 5.91 Å². The lowest BCUT2D eigenvalue weighted by atomic mass is 10.3. The van der Waals surface area contributed by atoms with Crippen molar-refractivity contribution in [3.8, 4) is 17.3 Å². The average Bonchev–Trinajstić information content (AvgIpc) is 3.54. The Labute approximate surface area is 203 Å². The zero-order valence-corrected chi connectivity index (χ0v) is 20.2. The number of nitrogens with one attached hydrogen (secondary N) is 1. The quantitative estimate of drug-likeness (QED) is 0.217. The summed E-state index contributed by atoms with van der Waals surface area (Å²) in [6, 6.07) is 8.93. The van der Waals surface area contributed by atoms with Crippen molar-refractivity contribution in [3.63, 3.8) is 0 Å². The SMILES string of the molecule is CCCCNC(=O)c1csc(CSc2nnc(-c3ccco3)n2-c2ccc(Cl)c(Cl)c2)n1. The van der Waals surface area contributed by atoms with Gasteiger partial charge in [0.25, 0.3) is 5.91 Å². The van der Waals surface area contributed by atoms with Crippen LogP contribution in [-0.4, -0.2) is 32.2 Å². The molecule has 0 saturated heterocycles. The van der Waals surface area contributed by atoms with Gasteiger partial charge in [-0.15, -0.1) is 21.5 Å². The fourth-order valence-electron chi connectivity index (χ4n) is 2.86. The normalized spacial score (nSPS) is 11.1. The van der Waals surface area contributed by atoms with Gasteiger partial charge in [0, 0.05) is 11.9 Å². The van der Waals surface area contributed by atoms with E-state index in [1.54, 1.807) is 29.8 Å². The maximum atomic E-state index is 12.2. The number of carbonyl (C=O) groups excluding carboxylic acids is 1. The summed E-state index contributed by atoms with van der Waals surface area (Å²) in [6.45, 7) is 2.73. The number of unbranched alkanes of at least 4 members (excludes halogenated alkanes) is 1. The number of hydrogen-bond acceptors (Lipinski definition) is 7. The molecular weight excluding hydrogens is 489 g/mol. The van der Waals surface area contributed by atoms with Gasteiger partial charge in [-0.05, 0) is 36.8 Å². The lowest BCUT2D eigenvalue weighted by molar-refractivity contribution is 0.0948. The van der Waals surface area contributed by atoms with Gasteiger partial charge in [-0.1, -0.05) is 48.3 Å². The highest BCUT2D eigenvalue weighted by Crippen LogP contribution is 2.33. The van der Waals surface area contributed by atoms with Crippen LogP contribution >= 0.6 is 46.3 Å². The van der Waals surface area contributed by atoms with Crippen LogP contribution in [0.15, 0.2) is 51.5 Å². The number of furan rings is 1. The molecule has 11 heteroatoms. The van der Waals surface area contributed by atoms with E-state index >= 15 is 0 Å². The van der Waals surface area contributed by atoms with Gasteiger partial charge in [-0.3, -0.25) is 9.36 Å². The monoisotopic (exact) mass is 507 g/mol. The van der Waals surface area contributed by atoms with E-state index in [0.29, 0.717) is 44.8 Å². The Morgan fingerprint density at radius 2 is 2.12 bits per heavy atom. The molecule has 0 aliphatic carbocycles. The number of thiazole rings is 1. The molecule has 32 heavy (non-hydrogen) atoms. The van der Waals surface area contributed by atoms with Gasteiger partial charge in [-0.2, -0.15) is 0 Å². The van der Waals surface area contributed by atoms with Crippen molar-refractivity contribution >= 4 is 52.2 Å². The predicted octanol–water partition coefficient (Wildman–Crippen LogP) is 6.11. The van der Waals surface area contributed by atoms with E-state index in [0.717, 1.165) is 23.5 Å². The smallest absolute Gasteiger partial charge is 0.270 e. The second kappa shape index (κ2) is 10.5. The molecule has 0 bridgehead atoms. The van der Waals surface area contributed by atoms with Crippen molar-refractivity contribution in [3.05, 3.63) is 62.7 Å². The Bertz CT molecular complexity index is 1210. The molecule has 0 unspecified atom stereocenters. The fraction of sp³-hybridized carbons (Fsp3) is 0.238. The van der Waals surface area contributed by atoms with E-state index in [1.165, 1.54) is 23.1 Å². The van der Waals surface area contributed by atoms with Crippen molar-refractivity contribution < 1.29 is 9.21 Å². The molecular formula is C21H19Cl2N5O2S2. The molecule has 3 aromatic heterocycles. The van der Waals surface area contributed by atoms with E-state index in [4.69, 9.17) is 27.6 Å². The van der Waals surface area contributed by atoms with Crippen LogP contribution in [0.2, 0.25) is 10.0 Å². The largest absolute Gasteiger partial charge is 0.461 e. The van der Waals surface area contributed by atoms with Gasteiger partial charge < -0.3 is 9.73 Å². The summed E-state index contributed by atoms with van der Waals surface area (Å²) in [5.41, 5.74) is 1.19. The van der Waals surface area contributed by atoms with Crippen LogP contribution in [0.4, 0.5) is 0 Å². The van der Waals surface area contributed by atoms with E-state index in [9.17, 15) is 4.79 Å². The number of benzene rings is 1. The van der Waals surface area contributed by atoms with E-state index in [1.807, 2.05) is 16.7 Å². The van der Waals surface area contributed by atoms with Crippen LogP contribution in [0, 0.1) is 0 Å². The van der Waals surface area contributed by atoms with Gasteiger partial charge in [0.15, 0.2) is 10.9 Å². The number of nitrogens with zero attached hydrogens (tertiary/aromatic N) is 4. The minimum Gasteiger partial charge on any atom is -0.461 e. The van der Waals surface area contributed by atoms with Gasteiger partial charge >= 0.3 is 0 Å². The molecule has 0 saturated carbocycles. The highest BCUT2D eigenvalue weighted by molar-refractivity contribution is 7.98. The van der Waals surface area contributed by atoms with Gasteiger partial charge in [0.1, 0.15) is 10.7 Å². The number of aromatic nitrogens is 4. The molecule has 4 aromatic rings. The average molecular weight is 508 g/mol. The highest BCUT2D eigenvalue weighted by atomic mass is 35.5. The number of amides is 1. The molecule has 0 aliphatic rings. The molecule has 166 valence electrons. The highest BCUT2D eigenvalue weighted by Gasteiger charge is 2.19. The molecule has 0 fully saturated rings. The Balaban J connectivity index is 1.56. The molecule has 4 rings (SSSR count). The summed E-state index contributed by atoms with van der Waals surface area (Å²) >= 11 is 15.2. The third-order valence-corrected chi connectivity index (χ3v) is 7.17. The summed E-state index contributed by atoms with van der Waals surface area (Å²) < 4.78 is 7.39. The lowest BCUT2D eigenvalue weighted by Gasteiger charge is -2.10. The Morgan fingerprint density at radius 1 is 1.25 bits per heavy atom. The Hall–Kier alpha value is -2.33. The minimum atomic E-state index is -0.148. The molecule has 0 atom stereocenters. The zero-order chi connectivity index (χ0) is 22.5. The Kier molecular flexibility index (Phi) is 7.51. The van der Waals surface area contributed by atoms with Crippen molar-refractivity contribution in [2.75, 3.05) is 6.54 Å². The first-order chi connectivity index (χ1) is 15.6. The van der Waals surface area contributed by atoms with Crippen LogP contribution in [0.3, 0.4) is 0 Å². The summed E-state index contributed by atoms with van der Waals surface area (Å²) in [5.74, 6) is 1.51. The zero-order valence-electron chi connectivity index (χ0n) is 17.0. The van der Waals surface area contributed by atoms with Gasteiger partial charge in [0.2, 0.25) is 5.82 Å². The number of halogens is 2. The number of thioether (sulfide) groups is 1. The van der Waals surface area contributed by atoms with Crippen LogP contribution in [-0.2, 0) is 5.75 Å². The predicted molar refractivity (Wildman–Crippen MR) is 128 cm³/mol. The van der Waals surface area contributed by atoms with Crippen LogP contribution in [0.25, 0.3) is 17.3 Å². The van der Waals surface area contributed by atoms with Crippen molar-refractivity contribution in [2.45, 2.75) is 30.7 Å².